The highest BCUT2D eigenvalue weighted by Crippen LogP contribution is 2.41. The molecule has 1 atom stereocenters. The van der Waals surface area contributed by atoms with E-state index in [4.69, 9.17) is 9.47 Å². The quantitative estimate of drug-likeness (QED) is 0.433. The van der Waals surface area contributed by atoms with E-state index in [-0.39, 0.29) is 35.5 Å². The molecule has 1 aliphatic carbocycles. The first-order chi connectivity index (χ1) is 17.0. The Bertz CT molecular complexity index is 1210. The molecule has 184 valence electrons. The van der Waals surface area contributed by atoms with Gasteiger partial charge in [0.25, 0.3) is 0 Å². The molecule has 9 heteroatoms. The molecule has 35 heavy (non-hydrogen) atoms. The van der Waals surface area contributed by atoms with Gasteiger partial charge in [0.2, 0.25) is 5.91 Å². The summed E-state index contributed by atoms with van der Waals surface area (Å²) in [6.45, 7) is 5.40. The molecule has 3 aromatic rings. The van der Waals surface area contributed by atoms with Gasteiger partial charge in [-0.25, -0.2) is 4.39 Å². The molecule has 2 aliphatic rings. The average Bonchev–Trinajstić information content (AvgIpc) is 3.64. The van der Waals surface area contributed by atoms with Crippen LogP contribution in [-0.4, -0.2) is 39.6 Å². The van der Waals surface area contributed by atoms with Crippen molar-refractivity contribution in [1.82, 2.24) is 20.1 Å². The molecule has 1 fully saturated rings. The molecule has 0 saturated heterocycles. The number of carbonyl (C=O) groups excluding carboxylic acids is 1. The predicted molar refractivity (Wildman–Crippen MR) is 132 cm³/mol. The molecular weight excluding hydrogens is 467 g/mol. The van der Waals surface area contributed by atoms with E-state index in [0.717, 1.165) is 30.6 Å². The van der Waals surface area contributed by atoms with Gasteiger partial charge in [-0.1, -0.05) is 43.8 Å². The van der Waals surface area contributed by atoms with Crippen LogP contribution in [0.15, 0.2) is 47.6 Å². The van der Waals surface area contributed by atoms with Crippen molar-refractivity contribution < 1.29 is 18.7 Å². The van der Waals surface area contributed by atoms with Gasteiger partial charge < -0.3 is 14.8 Å². The number of thioether (sulfide) groups is 1. The molecule has 0 bridgehead atoms. The molecule has 1 aliphatic heterocycles. The van der Waals surface area contributed by atoms with E-state index in [9.17, 15) is 9.18 Å². The summed E-state index contributed by atoms with van der Waals surface area (Å²) < 4.78 is 27.9. The lowest BCUT2D eigenvalue weighted by atomic mass is 9.95. The van der Waals surface area contributed by atoms with Crippen molar-refractivity contribution in [3.8, 4) is 22.9 Å². The standard InChI is InChI=1S/C26H29FN4O3S/c1-16(2)24(17-8-11-21-22(14-17)34-13-5-12-33-21)28-23(32)15-35-26-30-29-25(31(26)18-9-10-18)19-6-3-4-7-20(19)27/h3-4,6-8,11,14,16,18,24H,5,9-10,12-13,15H2,1-2H3,(H,28,32)/t24-/m1/s1. The Labute approximate surface area is 208 Å². The van der Waals surface area contributed by atoms with Gasteiger partial charge in [0.15, 0.2) is 22.5 Å². The first-order valence-corrected chi connectivity index (χ1v) is 13.0. The molecule has 1 N–H and O–H groups in total. The lowest BCUT2D eigenvalue weighted by molar-refractivity contribution is -0.119. The number of hydrogen-bond acceptors (Lipinski definition) is 6. The number of rotatable bonds is 8. The Morgan fingerprint density at radius 2 is 1.91 bits per heavy atom. The lowest BCUT2D eigenvalue weighted by Gasteiger charge is -2.24. The second-order valence-electron chi connectivity index (χ2n) is 9.22. The van der Waals surface area contributed by atoms with Gasteiger partial charge in [-0.3, -0.25) is 9.36 Å². The minimum atomic E-state index is -0.328. The van der Waals surface area contributed by atoms with E-state index in [1.165, 1.54) is 17.8 Å². The molecule has 1 aromatic heterocycles. The minimum Gasteiger partial charge on any atom is -0.490 e. The second-order valence-corrected chi connectivity index (χ2v) is 10.2. The summed E-state index contributed by atoms with van der Waals surface area (Å²) in [5.74, 6) is 1.91. The van der Waals surface area contributed by atoms with Crippen LogP contribution in [0.1, 0.15) is 50.8 Å². The van der Waals surface area contributed by atoms with Gasteiger partial charge in [-0.15, -0.1) is 10.2 Å². The maximum Gasteiger partial charge on any atom is 0.230 e. The molecule has 1 amide bonds. The Balaban J connectivity index is 1.29. The van der Waals surface area contributed by atoms with Gasteiger partial charge in [-0.05, 0) is 48.6 Å². The number of nitrogens with one attached hydrogen (secondary N) is 1. The zero-order valence-electron chi connectivity index (χ0n) is 19.9. The molecule has 2 heterocycles. The zero-order chi connectivity index (χ0) is 24.4. The topological polar surface area (TPSA) is 78.3 Å². The van der Waals surface area contributed by atoms with E-state index < -0.39 is 0 Å². The molecule has 0 spiro atoms. The van der Waals surface area contributed by atoms with Crippen molar-refractivity contribution in [2.75, 3.05) is 19.0 Å². The number of benzene rings is 2. The van der Waals surface area contributed by atoms with Crippen LogP contribution in [0.2, 0.25) is 0 Å². The van der Waals surface area contributed by atoms with Crippen LogP contribution in [0.25, 0.3) is 11.4 Å². The summed E-state index contributed by atoms with van der Waals surface area (Å²) >= 11 is 1.33. The number of hydrogen-bond donors (Lipinski definition) is 1. The smallest absolute Gasteiger partial charge is 0.230 e. The Hall–Kier alpha value is -3.07. The van der Waals surface area contributed by atoms with Gasteiger partial charge in [0, 0.05) is 12.5 Å². The number of aromatic nitrogens is 3. The van der Waals surface area contributed by atoms with Crippen molar-refractivity contribution in [1.29, 1.82) is 0 Å². The Morgan fingerprint density at radius 3 is 2.66 bits per heavy atom. The molecule has 0 radical (unpaired) electrons. The molecular formula is C26H29FN4O3S. The highest BCUT2D eigenvalue weighted by molar-refractivity contribution is 7.99. The number of ether oxygens (including phenoxy) is 2. The van der Waals surface area contributed by atoms with Crippen LogP contribution in [-0.2, 0) is 4.79 Å². The van der Waals surface area contributed by atoms with E-state index in [0.29, 0.717) is 35.5 Å². The zero-order valence-corrected chi connectivity index (χ0v) is 20.7. The SMILES string of the molecule is CC(C)[C@@H](NC(=O)CSc1nnc(-c2ccccc2F)n1C1CC1)c1ccc2c(c1)OCCCO2. The van der Waals surface area contributed by atoms with Crippen molar-refractivity contribution in [3.05, 3.63) is 53.8 Å². The van der Waals surface area contributed by atoms with Crippen molar-refractivity contribution in [2.24, 2.45) is 5.92 Å². The number of fused-ring (bicyclic) bond motifs is 1. The fourth-order valence-electron chi connectivity index (χ4n) is 4.22. The first kappa shape index (κ1) is 23.7. The number of nitrogens with zero attached hydrogens (tertiary/aromatic N) is 3. The Kier molecular flexibility index (Phi) is 6.95. The summed E-state index contributed by atoms with van der Waals surface area (Å²) in [4.78, 5) is 13.0. The largest absolute Gasteiger partial charge is 0.490 e. The summed E-state index contributed by atoms with van der Waals surface area (Å²) in [7, 11) is 0. The molecule has 0 unspecified atom stereocenters. The maximum atomic E-state index is 14.4. The number of carbonyl (C=O) groups is 1. The summed E-state index contributed by atoms with van der Waals surface area (Å²) in [6, 6.07) is 12.5. The summed E-state index contributed by atoms with van der Waals surface area (Å²) in [5, 5.41) is 12.4. The maximum absolute atomic E-state index is 14.4. The third kappa shape index (κ3) is 5.29. The first-order valence-electron chi connectivity index (χ1n) is 12.0. The molecule has 2 aromatic carbocycles. The highest BCUT2D eigenvalue weighted by Gasteiger charge is 2.31. The summed E-state index contributed by atoms with van der Waals surface area (Å²) in [6.07, 6.45) is 2.84. The van der Waals surface area contributed by atoms with Gasteiger partial charge in [0.05, 0.1) is 30.6 Å². The van der Waals surface area contributed by atoms with Crippen LogP contribution < -0.4 is 14.8 Å². The highest BCUT2D eigenvalue weighted by atomic mass is 32.2. The number of amides is 1. The van der Waals surface area contributed by atoms with Crippen LogP contribution >= 0.6 is 11.8 Å². The Morgan fingerprint density at radius 1 is 1.14 bits per heavy atom. The second kappa shape index (κ2) is 10.3. The predicted octanol–water partition coefficient (Wildman–Crippen LogP) is 5.19. The van der Waals surface area contributed by atoms with Crippen LogP contribution in [0, 0.1) is 11.7 Å². The molecule has 7 nitrogen and oxygen atoms in total. The average molecular weight is 497 g/mol. The fourth-order valence-corrected chi connectivity index (χ4v) is 5.03. The third-order valence-corrected chi connectivity index (χ3v) is 7.08. The number of halogens is 1. The van der Waals surface area contributed by atoms with Crippen LogP contribution in [0.5, 0.6) is 11.5 Å². The van der Waals surface area contributed by atoms with Crippen molar-refractivity contribution in [3.63, 3.8) is 0 Å². The third-order valence-electron chi connectivity index (χ3n) is 6.14. The van der Waals surface area contributed by atoms with Crippen LogP contribution in [0.4, 0.5) is 4.39 Å². The van der Waals surface area contributed by atoms with Crippen LogP contribution in [0.3, 0.4) is 0 Å². The fraction of sp³-hybridized carbons (Fsp3) is 0.423. The molecule has 1 saturated carbocycles. The molecule has 5 rings (SSSR count). The van der Waals surface area contributed by atoms with Crippen molar-refractivity contribution in [2.45, 2.75) is 50.4 Å². The summed E-state index contributed by atoms with van der Waals surface area (Å²) in [5.41, 5.74) is 1.41. The monoisotopic (exact) mass is 496 g/mol. The minimum absolute atomic E-state index is 0.0985. The van der Waals surface area contributed by atoms with E-state index in [1.807, 2.05) is 22.8 Å². The van der Waals surface area contributed by atoms with E-state index in [1.54, 1.807) is 18.2 Å². The normalized spacial score (nSPS) is 16.1. The van der Waals surface area contributed by atoms with E-state index >= 15 is 0 Å². The van der Waals surface area contributed by atoms with Crippen molar-refractivity contribution >= 4 is 17.7 Å². The van der Waals surface area contributed by atoms with Gasteiger partial charge >= 0.3 is 0 Å². The van der Waals surface area contributed by atoms with Gasteiger partial charge in [-0.2, -0.15) is 0 Å². The van der Waals surface area contributed by atoms with Gasteiger partial charge in [0.1, 0.15) is 5.82 Å². The lowest BCUT2D eigenvalue weighted by Crippen LogP contribution is -2.33. The van der Waals surface area contributed by atoms with E-state index in [2.05, 4.69) is 29.4 Å².